The Kier molecular flexibility index (Phi) is 6.51. The van der Waals surface area contributed by atoms with Gasteiger partial charge in [0.05, 0.1) is 17.3 Å². The van der Waals surface area contributed by atoms with Crippen LogP contribution in [0.2, 0.25) is 0 Å². The minimum Gasteiger partial charge on any atom is -0.374 e. The number of nitrogens with one attached hydrogen (secondary N) is 2. The molecule has 1 saturated heterocycles. The lowest BCUT2D eigenvalue weighted by Crippen LogP contribution is -2.51. The number of alkyl halides is 6. The Balaban J connectivity index is 1.56. The number of aromatic nitrogens is 1. The molecule has 4 rings (SSSR count). The molecule has 2 aliphatic rings. The average molecular weight is 516 g/mol. The lowest BCUT2D eigenvalue weighted by molar-refractivity contribution is -0.157. The van der Waals surface area contributed by atoms with E-state index in [9.17, 15) is 45.8 Å². The predicted molar refractivity (Wildman–Crippen MR) is 109 cm³/mol. The van der Waals surface area contributed by atoms with Crippen molar-refractivity contribution in [3.05, 3.63) is 64.5 Å². The van der Waals surface area contributed by atoms with Crippen molar-refractivity contribution >= 4 is 17.7 Å². The highest BCUT2D eigenvalue weighted by Crippen LogP contribution is 2.37. The fourth-order valence-electron chi connectivity index (χ4n) is 4.20. The number of benzene rings is 1. The summed E-state index contributed by atoms with van der Waals surface area (Å²) in [6.45, 7) is -0.0260. The number of halogens is 6. The lowest BCUT2D eigenvalue weighted by Gasteiger charge is -2.31. The molecule has 1 aromatic heterocycles. The van der Waals surface area contributed by atoms with Gasteiger partial charge in [-0.15, -0.1) is 0 Å². The maximum absolute atomic E-state index is 13.7. The summed E-state index contributed by atoms with van der Waals surface area (Å²) in [4.78, 5) is 41.0. The van der Waals surface area contributed by atoms with Gasteiger partial charge in [-0.2, -0.15) is 26.3 Å². The number of fused-ring (bicyclic) bond motifs is 1. The number of piperidine rings is 1. The number of imide groups is 1. The van der Waals surface area contributed by atoms with Crippen LogP contribution in [0.15, 0.2) is 36.5 Å². The summed E-state index contributed by atoms with van der Waals surface area (Å²) in [5, 5.41) is 14.5. The molecule has 2 unspecified atom stereocenters. The zero-order chi connectivity index (χ0) is 26.4. The minimum atomic E-state index is -5.15. The van der Waals surface area contributed by atoms with Crippen molar-refractivity contribution in [2.24, 2.45) is 0 Å². The van der Waals surface area contributed by atoms with Gasteiger partial charge in [-0.05, 0) is 41.8 Å². The molecule has 1 aromatic carbocycles. The van der Waals surface area contributed by atoms with E-state index in [0.717, 1.165) is 6.07 Å². The van der Waals surface area contributed by atoms with Gasteiger partial charge in [0.25, 0.3) is 5.91 Å². The van der Waals surface area contributed by atoms with E-state index in [4.69, 9.17) is 0 Å². The van der Waals surface area contributed by atoms with Crippen LogP contribution in [0.5, 0.6) is 0 Å². The first kappa shape index (κ1) is 25.6. The molecule has 3 heterocycles. The molecule has 3 atom stereocenters. The second-order valence-electron chi connectivity index (χ2n) is 8.34. The number of nitrogens with zero attached hydrogens (tertiary/aromatic N) is 2. The number of hydrogen-bond donors (Lipinski definition) is 3. The Hall–Kier alpha value is -3.52. The van der Waals surface area contributed by atoms with E-state index < -0.39 is 59.6 Å². The molecule has 2 aliphatic heterocycles. The van der Waals surface area contributed by atoms with Gasteiger partial charge >= 0.3 is 12.4 Å². The zero-order valence-electron chi connectivity index (χ0n) is 18.2. The maximum atomic E-state index is 13.7. The third kappa shape index (κ3) is 5.04. The number of carbonyl (C=O) groups excluding carboxylic acids is 3. The first-order valence-electron chi connectivity index (χ1n) is 10.6. The van der Waals surface area contributed by atoms with Gasteiger partial charge in [0, 0.05) is 24.7 Å². The van der Waals surface area contributed by atoms with E-state index >= 15 is 0 Å². The van der Waals surface area contributed by atoms with Gasteiger partial charge in [0.15, 0.2) is 6.04 Å². The number of aliphatic hydroxyl groups excluding tert-OH is 1. The molecule has 0 aliphatic carbocycles. The summed E-state index contributed by atoms with van der Waals surface area (Å²) in [6.07, 6.45) is -10.5. The van der Waals surface area contributed by atoms with Crippen molar-refractivity contribution in [1.82, 2.24) is 20.5 Å². The molecular weight excluding hydrogens is 498 g/mol. The third-order valence-electron chi connectivity index (χ3n) is 5.97. The van der Waals surface area contributed by atoms with E-state index in [1.165, 1.54) is 17.0 Å². The highest BCUT2D eigenvalue weighted by atomic mass is 19.4. The van der Waals surface area contributed by atoms with Crippen molar-refractivity contribution in [1.29, 1.82) is 0 Å². The number of aliphatic hydroxyl groups is 1. The van der Waals surface area contributed by atoms with Crippen molar-refractivity contribution in [2.75, 3.05) is 0 Å². The Bertz CT molecular complexity index is 1220. The van der Waals surface area contributed by atoms with Crippen LogP contribution in [-0.4, -0.2) is 44.9 Å². The van der Waals surface area contributed by atoms with Crippen LogP contribution in [0.1, 0.15) is 57.9 Å². The molecule has 0 radical (unpaired) electrons. The van der Waals surface area contributed by atoms with Crippen LogP contribution in [0.3, 0.4) is 0 Å². The molecule has 2 aromatic rings. The molecule has 1 fully saturated rings. The van der Waals surface area contributed by atoms with Gasteiger partial charge in [-0.1, -0.05) is 6.07 Å². The summed E-state index contributed by atoms with van der Waals surface area (Å²) in [5.41, 5.74) is -1.95. The number of hydrogen-bond acceptors (Lipinski definition) is 6. The van der Waals surface area contributed by atoms with Gasteiger partial charge < -0.3 is 10.4 Å². The SMILES string of the molecule is O=C1CCC(N2Cc3cc(C(=O)N[C@H](c4cc(C(F)(F)F)ccn4)C(F)(F)F)ccc3C2O)C(=O)N1. The lowest BCUT2D eigenvalue weighted by atomic mass is 10.0. The zero-order valence-corrected chi connectivity index (χ0v) is 18.2. The van der Waals surface area contributed by atoms with E-state index in [0.29, 0.717) is 23.4 Å². The summed E-state index contributed by atoms with van der Waals surface area (Å²) in [6, 6.07) is 0.778. The third-order valence-corrected chi connectivity index (χ3v) is 5.97. The molecular formula is C22H18F6N4O4. The summed E-state index contributed by atoms with van der Waals surface area (Å²) in [5.74, 6) is -2.28. The molecule has 3 N–H and O–H groups in total. The van der Waals surface area contributed by atoms with Gasteiger partial charge in [-0.3, -0.25) is 29.6 Å². The highest BCUT2D eigenvalue weighted by molar-refractivity contribution is 6.00. The Morgan fingerprint density at radius 2 is 1.86 bits per heavy atom. The van der Waals surface area contributed by atoms with Crippen molar-refractivity contribution in [3.8, 4) is 0 Å². The van der Waals surface area contributed by atoms with Crippen LogP contribution < -0.4 is 10.6 Å². The van der Waals surface area contributed by atoms with Crippen molar-refractivity contribution in [2.45, 2.75) is 50.1 Å². The Morgan fingerprint density at radius 3 is 2.50 bits per heavy atom. The second-order valence-corrected chi connectivity index (χ2v) is 8.34. The predicted octanol–water partition coefficient (Wildman–Crippen LogP) is 2.75. The van der Waals surface area contributed by atoms with Crippen molar-refractivity contribution in [3.63, 3.8) is 0 Å². The van der Waals surface area contributed by atoms with Gasteiger partial charge in [0.1, 0.15) is 6.23 Å². The smallest absolute Gasteiger partial charge is 0.374 e. The molecule has 8 nitrogen and oxygen atoms in total. The van der Waals surface area contributed by atoms with Crippen LogP contribution in [0, 0.1) is 0 Å². The molecule has 0 bridgehead atoms. The molecule has 14 heteroatoms. The number of carbonyl (C=O) groups is 3. The standard InChI is InChI=1S/C22H18F6N4O4/c23-21(24,25)12-5-6-29-14(8-12)17(22(26,27)28)31-18(34)10-1-2-13-11(7-10)9-32(20(13)36)15-3-4-16(33)30-19(15)35/h1-2,5-8,15,17,20,36H,3-4,9H2,(H,31,34)(H,30,33,35)/t15?,17-,20?/m1/s1. The van der Waals surface area contributed by atoms with Crippen LogP contribution in [-0.2, 0) is 22.3 Å². The molecule has 0 saturated carbocycles. The molecule has 36 heavy (non-hydrogen) atoms. The van der Waals surface area contributed by atoms with E-state index in [-0.39, 0.29) is 31.0 Å². The first-order valence-corrected chi connectivity index (χ1v) is 10.6. The summed E-state index contributed by atoms with van der Waals surface area (Å²) >= 11 is 0. The van der Waals surface area contributed by atoms with E-state index in [2.05, 4.69) is 10.3 Å². The van der Waals surface area contributed by atoms with Crippen LogP contribution in [0.25, 0.3) is 0 Å². The normalized spacial score (nSPS) is 21.6. The fourth-order valence-corrected chi connectivity index (χ4v) is 4.20. The van der Waals surface area contributed by atoms with Gasteiger partial charge in [-0.25, -0.2) is 0 Å². The second kappa shape index (κ2) is 9.17. The Morgan fingerprint density at radius 1 is 1.14 bits per heavy atom. The minimum absolute atomic E-state index is 0.0260. The quantitative estimate of drug-likeness (QED) is 0.426. The molecule has 192 valence electrons. The van der Waals surface area contributed by atoms with Gasteiger partial charge in [0.2, 0.25) is 11.8 Å². The monoisotopic (exact) mass is 516 g/mol. The largest absolute Gasteiger partial charge is 0.416 e. The fraction of sp³-hybridized carbons (Fsp3) is 0.364. The number of rotatable bonds is 4. The molecule has 0 spiro atoms. The molecule has 3 amide bonds. The first-order chi connectivity index (χ1) is 16.8. The number of pyridine rings is 1. The topological polar surface area (TPSA) is 112 Å². The Labute approximate surface area is 199 Å². The van der Waals surface area contributed by atoms with E-state index in [1.54, 1.807) is 5.32 Å². The number of amides is 3. The maximum Gasteiger partial charge on any atom is 0.416 e. The van der Waals surface area contributed by atoms with E-state index in [1.807, 2.05) is 0 Å². The van der Waals surface area contributed by atoms with Crippen molar-refractivity contribution < 1.29 is 45.8 Å². The van der Waals surface area contributed by atoms with Crippen LogP contribution in [0.4, 0.5) is 26.3 Å². The average Bonchev–Trinajstić information content (AvgIpc) is 3.11. The van der Waals surface area contributed by atoms with Crippen LogP contribution >= 0.6 is 0 Å². The summed E-state index contributed by atoms with van der Waals surface area (Å²) < 4.78 is 79.9. The highest BCUT2D eigenvalue weighted by Gasteiger charge is 2.45. The summed E-state index contributed by atoms with van der Waals surface area (Å²) in [7, 11) is 0.